The smallest absolute Gasteiger partial charge is 0.407 e. The van der Waals surface area contributed by atoms with Gasteiger partial charge in [-0.3, -0.25) is 0 Å². The largest absolute Gasteiger partial charge is 0.465 e. The van der Waals surface area contributed by atoms with Crippen molar-refractivity contribution in [3.63, 3.8) is 0 Å². The predicted octanol–water partition coefficient (Wildman–Crippen LogP) is 2.75. The average molecular weight is 406 g/mol. The van der Waals surface area contributed by atoms with Crippen LogP contribution in [0.25, 0.3) is 11.0 Å². The summed E-state index contributed by atoms with van der Waals surface area (Å²) in [4.78, 5) is 28.1. The van der Waals surface area contributed by atoms with Crippen LogP contribution in [0.1, 0.15) is 30.4 Å². The number of carbonyl (C=O) groups is 1. The van der Waals surface area contributed by atoms with Gasteiger partial charge in [0, 0.05) is 25.3 Å². The quantitative estimate of drug-likeness (QED) is 0.614. The van der Waals surface area contributed by atoms with Crippen LogP contribution in [0.5, 0.6) is 0 Å². The second-order valence-electron chi connectivity index (χ2n) is 8.21. The number of H-pyrrole nitrogens is 1. The van der Waals surface area contributed by atoms with Gasteiger partial charge in [0.05, 0.1) is 17.5 Å². The number of nitrogens with two attached hydrogens (primary N) is 1. The van der Waals surface area contributed by atoms with Crippen molar-refractivity contribution in [3.8, 4) is 0 Å². The normalized spacial score (nSPS) is 23.7. The third kappa shape index (κ3) is 3.17. The van der Waals surface area contributed by atoms with Crippen LogP contribution in [-0.2, 0) is 13.0 Å². The van der Waals surface area contributed by atoms with E-state index in [0.717, 1.165) is 48.1 Å². The number of nitrogens with one attached hydrogen (secondary N) is 1. The van der Waals surface area contributed by atoms with Crippen LogP contribution in [0.15, 0.2) is 42.9 Å². The molecule has 4 N–H and O–H groups in total. The first-order valence-corrected chi connectivity index (χ1v) is 10.5. The molecular formula is C22H26N6O2. The van der Waals surface area contributed by atoms with Crippen molar-refractivity contribution in [2.45, 2.75) is 50.4 Å². The number of anilines is 1. The first kappa shape index (κ1) is 18.9. The molecule has 8 heteroatoms. The molecule has 2 aromatic heterocycles. The Morgan fingerprint density at radius 3 is 2.73 bits per heavy atom. The maximum atomic E-state index is 11.9. The van der Waals surface area contributed by atoms with E-state index in [9.17, 15) is 9.90 Å². The van der Waals surface area contributed by atoms with Crippen molar-refractivity contribution in [3.05, 3.63) is 54.0 Å². The predicted molar refractivity (Wildman–Crippen MR) is 114 cm³/mol. The van der Waals surface area contributed by atoms with Crippen LogP contribution in [0.3, 0.4) is 0 Å². The van der Waals surface area contributed by atoms with Crippen LogP contribution in [0.4, 0.5) is 10.6 Å². The van der Waals surface area contributed by atoms with E-state index in [1.165, 1.54) is 5.56 Å². The fourth-order valence-electron chi connectivity index (χ4n) is 5.21. The van der Waals surface area contributed by atoms with Gasteiger partial charge in [-0.1, -0.05) is 24.3 Å². The van der Waals surface area contributed by atoms with Crippen LogP contribution in [0.2, 0.25) is 0 Å². The van der Waals surface area contributed by atoms with Gasteiger partial charge in [0.1, 0.15) is 17.8 Å². The van der Waals surface area contributed by atoms with Gasteiger partial charge in [-0.2, -0.15) is 0 Å². The second kappa shape index (κ2) is 7.60. The summed E-state index contributed by atoms with van der Waals surface area (Å²) in [6.07, 6.45) is 6.10. The standard InChI is InChI=1S/C22H26N6O2/c23-12-15-5-3-14(4-6-15)10-16-11-19-18(2-1-9-27(19)22(29)30)28(16)21-17-7-8-24-20(17)25-13-26-21/h3-8,13,16,18-19H,1-2,9-12,23H2,(H,29,30)(H,24,25,26)/t16?,18-,19-/m1/s1. The Morgan fingerprint density at radius 2 is 1.97 bits per heavy atom. The summed E-state index contributed by atoms with van der Waals surface area (Å²) in [6, 6.07) is 10.7. The molecule has 2 fully saturated rings. The fourth-order valence-corrected chi connectivity index (χ4v) is 5.21. The summed E-state index contributed by atoms with van der Waals surface area (Å²) >= 11 is 0. The maximum absolute atomic E-state index is 11.9. The molecule has 156 valence electrons. The van der Waals surface area contributed by atoms with Crippen LogP contribution in [-0.4, -0.2) is 55.7 Å². The minimum absolute atomic E-state index is 0.0199. The minimum Gasteiger partial charge on any atom is -0.465 e. The molecule has 30 heavy (non-hydrogen) atoms. The lowest BCUT2D eigenvalue weighted by molar-refractivity contribution is 0.105. The number of carboxylic acid groups (broad SMARTS) is 1. The van der Waals surface area contributed by atoms with Gasteiger partial charge in [0.25, 0.3) is 0 Å². The third-order valence-electron chi connectivity index (χ3n) is 6.56. The van der Waals surface area contributed by atoms with Gasteiger partial charge in [0.2, 0.25) is 0 Å². The van der Waals surface area contributed by atoms with Crippen molar-refractivity contribution in [2.75, 3.05) is 11.4 Å². The number of aromatic amines is 1. The lowest BCUT2D eigenvalue weighted by Gasteiger charge is -2.39. The number of likely N-dealkylation sites (tertiary alicyclic amines) is 1. The summed E-state index contributed by atoms with van der Waals surface area (Å²) in [7, 11) is 0. The number of fused-ring (bicyclic) bond motifs is 2. The molecule has 2 aliphatic rings. The highest BCUT2D eigenvalue weighted by molar-refractivity contribution is 5.88. The van der Waals surface area contributed by atoms with Gasteiger partial charge >= 0.3 is 6.09 Å². The van der Waals surface area contributed by atoms with Gasteiger partial charge in [-0.05, 0) is 42.9 Å². The van der Waals surface area contributed by atoms with Crippen molar-refractivity contribution in [2.24, 2.45) is 5.73 Å². The van der Waals surface area contributed by atoms with E-state index in [4.69, 9.17) is 5.73 Å². The molecule has 1 amide bonds. The second-order valence-corrected chi connectivity index (χ2v) is 8.21. The Balaban J connectivity index is 1.54. The first-order valence-electron chi connectivity index (χ1n) is 10.5. The summed E-state index contributed by atoms with van der Waals surface area (Å²) in [5, 5.41) is 10.8. The first-order chi connectivity index (χ1) is 14.7. The zero-order valence-corrected chi connectivity index (χ0v) is 16.7. The Morgan fingerprint density at radius 1 is 1.17 bits per heavy atom. The van der Waals surface area contributed by atoms with E-state index in [-0.39, 0.29) is 18.1 Å². The van der Waals surface area contributed by atoms with E-state index in [1.54, 1.807) is 11.2 Å². The summed E-state index contributed by atoms with van der Waals surface area (Å²) < 4.78 is 0. The summed E-state index contributed by atoms with van der Waals surface area (Å²) in [5.41, 5.74) is 8.88. The van der Waals surface area contributed by atoms with Crippen molar-refractivity contribution in [1.82, 2.24) is 19.9 Å². The molecule has 1 aromatic carbocycles. The van der Waals surface area contributed by atoms with Crippen LogP contribution in [0, 0.1) is 0 Å². The molecule has 5 rings (SSSR count). The number of hydrogen-bond acceptors (Lipinski definition) is 5. The van der Waals surface area contributed by atoms with Gasteiger partial charge in [0.15, 0.2) is 0 Å². The Labute approximate surface area is 174 Å². The summed E-state index contributed by atoms with van der Waals surface area (Å²) in [6.45, 7) is 1.13. The molecule has 3 atom stereocenters. The third-order valence-corrected chi connectivity index (χ3v) is 6.56. The fraction of sp³-hybridized carbons (Fsp3) is 0.409. The van der Waals surface area contributed by atoms with Crippen molar-refractivity contribution < 1.29 is 9.90 Å². The summed E-state index contributed by atoms with van der Waals surface area (Å²) in [5.74, 6) is 0.893. The molecule has 1 unspecified atom stereocenters. The highest BCUT2D eigenvalue weighted by Crippen LogP contribution is 2.40. The van der Waals surface area contributed by atoms with Crippen LogP contribution < -0.4 is 10.6 Å². The number of rotatable bonds is 4. The highest BCUT2D eigenvalue weighted by atomic mass is 16.4. The molecule has 8 nitrogen and oxygen atoms in total. The van der Waals surface area contributed by atoms with E-state index >= 15 is 0 Å². The van der Waals surface area contributed by atoms with Crippen LogP contribution >= 0.6 is 0 Å². The van der Waals surface area contributed by atoms with Gasteiger partial charge in [-0.15, -0.1) is 0 Å². The molecule has 3 aromatic rings. The SMILES string of the molecule is NCc1ccc(CC2C[C@@H]3[C@@H](CCCN3C(=O)O)N2c2ncnc3[nH]ccc23)cc1. The van der Waals surface area contributed by atoms with E-state index in [0.29, 0.717) is 13.1 Å². The molecular weight excluding hydrogens is 380 g/mol. The molecule has 2 aliphatic heterocycles. The molecule has 0 radical (unpaired) electrons. The molecule has 0 bridgehead atoms. The van der Waals surface area contributed by atoms with E-state index in [1.807, 2.05) is 12.3 Å². The maximum Gasteiger partial charge on any atom is 0.407 e. The molecule has 0 saturated carbocycles. The lowest BCUT2D eigenvalue weighted by atomic mass is 9.96. The van der Waals surface area contributed by atoms with E-state index < -0.39 is 6.09 Å². The zero-order chi connectivity index (χ0) is 20.7. The van der Waals surface area contributed by atoms with E-state index in [2.05, 4.69) is 44.1 Å². The molecule has 0 spiro atoms. The molecule has 2 saturated heterocycles. The minimum atomic E-state index is -0.827. The number of benzene rings is 1. The Hall–Kier alpha value is -3.13. The average Bonchev–Trinajstić information content (AvgIpc) is 3.38. The van der Waals surface area contributed by atoms with Crippen molar-refractivity contribution >= 4 is 22.9 Å². The number of hydrogen-bond donors (Lipinski definition) is 3. The monoisotopic (exact) mass is 406 g/mol. The Kier molecular flexibility index (Phi) is 4.78. The number of piperidine rings is 1. The lowest BCUT2D eigenvalue weighted by Crippen LogP contribution is -2.52. The topological polar surface area (TPSA) is 111 Å². The van der Waals surface area contributed by atoms with Gasteiger partial charge < -0.3 is 25.6 Å². The Bertz CT molecular complexity index is 1050. The number of nitrogens with zero attached hydrogens (tertiary/aromatic N) is 4. The molecule has 0 aliphatic carbocycles. The molecule has 4 heterocycles. The zero-order valence-electron chi connectivity index (χ0n) is 16.7. The number of aromatic nitrogens is 3. The number of amides is 1. The highest BCUT2D eigenvalue weighted by Gasteiger charge is 2.47. The van der Waals surface area contributed by atoms with Crippen molar-refractivity contribution in [1.29, 1.82) is 0 Å². The van der Waals surface area contributed by atoms with Gasteiger partial charge in [-0.25, -0.2) is 14.8 Å².